The van der Waals surface area contributed by atoms with E-state index in [0.717, 1.165) is 11.3 Å². The van der Waals surface area contributed by atoms with Crippen molar-refractivity contribution in [2.45, 2.75) is 19.9 Å². The van der Waals surface area contributed by atoms with Gasteiger partial charge >= 0.3 is 5.97 Å². The van der Waals surface area contributed by atoms with Crippen LogP contribution in [0.1, 0.15) is 29.9 Å². The molecule has 0 aliphatic carbocycles. The Hall–Kier alpha value is -3.71. The van der Waals surface area contributed by atoms with Gasteiger partial charge in [-0.15, -0.1) is 0 Å². The lowest BCUT2D eigenvalue weighted by atomic mass is 10.1. The van der Waals surface area contributed by atoms with Crippen LogP contribution in [0.2, 0.25) is 0 Å². The van der Waals surface area contributed by atoms with Gasteiger partial charge in [0.15, 0.2) is 5.82 Å². The van der Waals surface area contributed by atoms with Crippen LogP contribution in [-0.4, -0.2) is 36.1 Å². The molecule has 31 heavy (non-hydrogen) atoms. The molecule has 0 radical (unpaired) electrons. The van der Waals surface area contributed by atoms with Crippen LogP contribution in [0.3, 0.4) is 0 Å². The summed E-state index contributed by atoms with van der Waals surface area (Å²) in [6.45, 7) is 8.09. The number of benzene rings is 2. The summed E-state index contributed by atoms with van der Waals surface area (Å²) >= 11 is 0. The van der Waals surface area contributed by atoms with Gasteiger partial charge in [-0.1, -0.05) is 30.9 Å². The minimum absolute atomic E-state index is 0.170. The zero-order chi connectivity index (χ0) is 22.5. The summed E-state index contributed by atoms with van der Waals surface area (Å²) in [4.78, 5) is 23.6. The number of allylic oxidation sites excluding steroid dienone is 2. The summed E-state index contributed by atoms with van der Waals surface area (Å²) in [7, 11) is 3.30. The molecule has 7 heteroatoms. The molecule has 2 N–H and O–H groups in total. The largest absolute Gasteiger partial charge is 0.465 e. The number of para-hydroxylation sites is 1. The lowest BCUT2D eigenvalue weighted by molar-refractivity contribution is 0.0601. The van der Waals surface area contributed by atoms with Crippen LogP contribution in [0.25, 0.3) is 16.6 Å². The van der Waals surface area contributed by atoms with Crippen molar-refractivity contribution in [3.05, 3.63) is 78.6 Å². The smallest absolute Gasteiger partial charge is 0.337 e. The summed E-state index contributed by atoms with van der Waals surface area (Å²) in [5, 5.41) is 1.53. The van der Waals surface area contributed by atoms with E-state index in [9.17, 15) is 4.79 Å². The molecular formula is C24H27N5O2. The molecule has 7 nitrogen and oxygen atoms in total. The number of ether oxygens (including phenoxy) is 1. The fourth-order valence-corrected chi connectivity index (χ4v) is 3.01. The second kappa shape index (κ2) is 9.40. The second-order valence-electron chi connectivity index (χ2n) is 7.33. The lowest BCUT2D eigenvalue weighted by Gasteiger charge is -2.25. The summed E-state index contributed by atoms with van der Waals surface area (Å²) in [6, 6.07) is 14.9. The van der Waals surface area contributed by atoms with Crippen molar-refractivity contribution in [2.75, 3.05) is 24.1 Å². The number of hydrogen-bond acceptors (Lipinski definition) is 7. The molecule has 1 heterocycles. The Morgan fingerprint density at radius 3 is 2.45 bits per heavy atom. The summed E-state index contributed by atoms with van der Waals surface area (Å²) in [5.41, 5.74) is 3.88. The van der Waals surface area contributed by atoms with Gasteiger partial charge in [-0.25, -0.2) is 20.6 Å². The molecule has 160 valence electrons. The highest BCUT2D eigenvalue weighted by molar-refractivity contribution is 5.94. The van der Waals surface area contributed by atoms with Crippen molar-refractivity contribution >= 4 is 34.1 Å². The molecule has 0 saturated carbocycles. The molecule has 0 atom stereocenters. The van der Waals surface area contributed by atoms with E-state index >= 15 is 0 Å². The van der Waals surface area contributed by atoms with Crippen LogP contribution < -0.4 is 15.8 Å². The third-order valence-corrected chi connectivity index (χ3v) is 5.00. The number of carbonyl (C=O) groups is 1. The number of aromatic nitrogens is 2. The van der Waals surface area contributed by atoms with E-state index in [4.69, 9.17) is 20.5 Å². The first-order valence-electron chi connectivity index (χ1n) is 9.92. The normalized spacial score (nSPS) is 11.5. The number of esters is 1. The van der Waals surface area contributed by atoms with Gasteiger partial charge in [0.2, 0.25) is 0 Å². The van der Waals surface area contributed by atoms with Crippen molar-refractivity contribution in [2.24, 2.45) is 5.84 Å². The summed E-state index contributed by atoms with van der Waals surface area (Å²) in [5.74, 6) is 6.52. The average Bonchev–Trinajstić information content (AvgIpc) is 2.80. The van der Waals surface area contributed by atoms with Crippen LogP contribution in [0.4, 0.5) is 11.5 Å². The number of nitrogens with zero attached hydrogens (tertiary/aromatic N) is 4. The number of nitrogens with two attached hydrogens (primary N) is 1. The Morgan fingerprint density at radius 1 is 1.13 bits per heavy atom. The maximum absolute atomic E-state index is 11.9. The number of hydrogen-bond donors (Lipinski definition) is 1. The number of methoxy groups -OCH3 is 1. The molecule has 0 saturated heterocycles. The van der Waals surface area contributed by atoms with Gasteiger partial charge in [-0.2, -0.15) is 0 Å². The molecule has 3 rings (SSSR count). The third-order valence-electron chi connectivity index (χ3n) is 5.00. The van der Waals surface area contributed by atoms with E-state index in [1.54, 1.807) is 30.5 Å². The highest BCUT2D eigenvalue weighted by Gasteiger charge is 2.19. The minimum Gasteiger partial charge on any atom is -0.465 e. The molecule has 0 bridgehead atoms. The third kappa shape index (κ3) is 4.73. The predicted octanol–water partition coefficient (Wildman–Crippen LogP) is 4.17. The van der Waals surface area contributed by atoms with Gasteiger partial charge in [0.25, 0.3) is 0 Å². The molecule has 3 aromatic rings. The summed E-state index contributed by atoms with van der Waals surface area (Å²) < 4.78 is 4.83. The minimum atomic E-state index is -0.417. The first-order valence-corrected chi connectivity index (χ1v) is 9.92. The zero-order valence-electron chi connectivity index (χ0n) is 18.2. The maximum Gasteiger partial charge on any atom is 0.337 e. The van der Waals surface area contributed by atoms with Crippen molar-refractivity contribution in [1.82, 2.24) is 9.97 Å². The zero-order valence-corrected chi connectivity index (χ0v) is 18.2. The quantitative estimate of drug-likeness (QED) is 0.267. The molecule has 2 aromatic carbocycles. The molecular weight excluding hydrogens is 390 g/mol. The van der Waals surface area contributed by atoms with Crippen LogP contribution in [0, 0.1) is 0 Å². The highest BCUT2D eigenvalue weighted by atomic mass is 16.5. The Morgan fingerprint density at radius 2 is 1.84 bits per heavy atom. The van der Waals surface area contributed by atoms with Gasteiger partial charge < -0.3 is 9.64 Å². The van der Waals surface area contributed by atoms with Crippen molar-refractivity contribution in [3.63, 3.8) is 0 Å². The number of fused-ring (bicyclic) bond motifs is 1. The Labute approximate surface area is 182 Å². The number of hydrazine groups is 1. The molecule has 1 aromatic heterocycles. The monoisotopic (exact) mass is 417 g/mol. The van der Waals surface area contributed by atoms with Crippen LogP contribution in [-0.2, 0) is 4.74 Å². The van der Waals surface area contributed by atoms with Crippen molar-refractivity contribution < 1.29 is 9.53 Å². The molecule has 0 fully saturated rings. The molecule has 0 spiro atoms. The Balaban J connectivity index is 2.18. The second-order valence-corrected chi connectivity index (χ2v) is 7.33. The standard InChI is InChI=1S/C24H27N5O2/c1-6-17(15-29(25)19-10-8-7-9-11-19)22-23(28(4)16(2)3)27-21-14-18(24(30)31-5)12-13-20(21)26-22/h6-16H,1,25H2,2-5H3/b17-15+. The molecule has 0 amide bonds. The number of anilines is 2. The van der Waals surface area contributed by atoms with Gasteiger partial charge in [-0.05, 0) is 44.2 Å². The number of rotatable bonds is 7. The van der Waals surface area contributed by atoms with Gasteiger partial charge in [0, 0.05) is 24.9 Å². The molecule has 0 aliphatic rings. The van der Waals surface area contributed by atoms with Gasteiger partial charge in [0.1, 0.15) is 5.69 Å². The topological polar surface area (TPSA) is 84.6 Å². The van der Waals surface area contributed by atoms with Crippen LogP contribution in [0.5, 0.6) is 0 Å². The van der Waals surface area contributed by atoms with E-state index in [2.05, 4.69) is 20.4 Å². The average molecular weight is 418 g/mol. The molecule has 0 unspecified atom stereocenters. The SMILES string of the molecule is C=C/C(=C\N(N)c1ccccc1)c1nc2ccc(C(=O)OC)cc2nc1N(C)C(C)C. The first-order chi connectivity index (χ1) is 14.8. The highest BCUT2D eigenvalue weighted by Crippen LogP contribution is 2.29. The van der Waals surface area contributed by atoms with E-state index in [1.807, 2.05) is 42.3 Å². The van der Waals surface area contributed by atoms with Crippen LogP contribution >= 0.6 is 0 Å². The predicted molar refractivity (Wildman–Crippen MR) is 126 cm³/mol. The van der Waals surface area contributed by atoms with E-state index < -0.39 is 5.97 Å². The van der Waals surface area contributed by atoms with Crippen LogP contribution in [0.15, 0.2) is 67.4 Å². The molecule has 0 aliphatic heterocycles. The van der Waals surface area contributed by atoms with Gasteiger partial charge in [-0.3, -0.25) is 5.01 Å². The van der Waals surface area contributed by atoms with Crippen molar-refractivity contribution in [3.8, 4) is 0 Å². The van der Waals surface area contributed by atoms with Gasteiger partial charge in [0.05, 0.1) is 29.4 Å². The van der Waals surface area contributed by atoms with E-state index in [1.165, 1.54) is 12.1 Å². The van der Waals surface area contributed by atoms with Crippen molar-refractivity contribution in [1.29, 1.82) is 0 Å². The Bertz CT molecular complexity index is 1130. The maximum atomic E-state index is 11.9. The fourth-order valence-electron chi connectivity index (χ4n) is 3.01. The summed E-state index contributed by atoms with van der Waals surface area (Å²) in [6.07, 6.45) is 3.48. The van der Waals surface area contributed by atoms with E-state index in [-0.39, 0.29) is 6.04 Å². The number of carbonyl (C=O) groups excluding carboxylic acids is 1. The fraction of sp³-hybridized carbons (Fsp3) is 0.208. The first kappa shape index (κ1) is 22.0. The Kier molecular flexibility index (Phi) is 6.67. The lowest BCUT2D eigenvalue weighted by Crippen LogP contribution is -2.28. The van der Waals surface area contributed by atoms with E-state index in [0.29, 0.717) is 28.1 Å².